The Morgan fingerprint density at radius 1 is 0.500 bits per heavy atom. The minimum Gasteiger partial charge on any atom is -0.461 e. The molecule has 0 aliphatic carbocycles. The van der Waals surface area contributed by atoms with E-state index < -0.39 is 60.2 Å². The van der Waals surface area contributed by atoms with Crippen LogP contribution < -0.4 is 10.6 Å². The zero-order valence-corrected chi connectivity index (χ0v) is 37.9. The van der Waals surface area contributed by atoms with Gasteiger partial charge >= 0.3 is 11.9 Å². The van der Waals surface area contributed by atoms with Gasteiger partial charge in [-0.25, -0.2) is 0 Å². The number of nitrogens with one attached hydrogen (secondary N) is 2. The van der Waals surface area contributed by atoms with Gasteiger partial charge in [-0.2, -0.15) is 10.5 Å². The third-order valence-corrected chi connectivity index (χ3v) is 10.0. The van der Waals surface area contributed by atoms with E-state index in [1.165, 1.54) is 0 Å². The first kappa shape index (κ1) is 50.8. The molecule has 2 N–H and O–H groups in total. The lowest BCUT2D eigenvalue weighted by Crippen LogP contribution is -2.33. The SMILES string of the molecule is CC(C)(C)c1cc(COC(=O)CCC(=O)NCC(=O)C[C@@H](C#N)[C@H](C#N)CC(=O)CNC(=O)CCC(=O)OCc2cc(C(C)(C)C)cc(C(C)(C)C)c2)cc(C(C)(C)C)c1. The first-order valence-electron chi connectivity index (χ1n) is 20.6. The number of carbonyl (C=O) groups excluding carboxylic acids is 6. The Labute approximate surface area is 357 Å². The van der Waals surface area contributed by atoms with Crippen LogP contribution >= 0.6 is 0 Å². The van der Waals surface area contributed by atoms with E-state index in [1.54, 1.807) is 0 Å². The molecule has 0 aliphatic rings. The Hall–Kier alpha value is -5.36. The van der Waals surface area contributed by atoms with E-state index in [0.717, 1.165) is 33.4 Å². The summed E-state index contributed by atoms with van der Waals surface area (Å²) in [6.45, 7) is 24.6. The highest BCUT2D eigenvalue weighted by molar-refractivity contribution is 5.89. The van der Waals surface area contributed by atoms with Gasteiger partial charge < -0.3 is 20.1 Å². The third-order valence-electron chi connectivity index (χ3n) is 10.0. The fraction of sp³-hybridized carbons (Fsp3) is 0.583. The molecule has 12 heteroatoms. The Bertz CT molecular complexity index is 1750. The average Bonchev–Trinajstić information content (AvgIpc) is 3.15. The van der Waals surface area contributed by atoms with Gasteiger partial charge in [0, 0.05) is 25.7 Å². The molecule has 2 amide bonds. The number of rotatable bonds is 19. The molecule has 60 heavy (non-hydrogen) atoms. The molecular formula is C48H66N4O8. The molecule has 2 rings (SSSR count). The highest BCUT2D eigenvalue weighted by Gasteiger charge is 2.27. The second kappa shape index (κ2) is 21.8. The number of carbonyl (C=O) groups is 6. The predicted molar refractivity (Wildman–Crippen MR) is 229 cm³/mol. The van der Waals surface area contributed by atoms with Crippen LogP contribution in [0.1, 0.15) is 155 Å². The molecule has 0 aromatic heterocycles. The molecule has 0 spiro atoms. The average molecular weight is 827 g/mol. The van der Waals surface area contributed by atoms with Crippen molar-refractivity contribution >= 4 is 35.3 Å². The maximum absolute atomic E-state index is 12.6. The van der Waals surface area contributed by atoms with Gasteiger partial charge in [0.1, 0.15) is 13.2 Å². The van der Waals surface area contributed by atoms with Gasteiger partial charge in [0.25, 0.3) is 0 Å². The number of esters is 2. The second-order valence-corrected chi connectivity index (χ2v) is 19.7. The van der Waals surface area contributed by atoms with Crippen LogP contribution in [0.15, 0.2) is 36.4 Å². The van der Waals surface area contributed by atoms with E-state index in [4.69, 9.17) is 9.47 Å². The van der Waals surface area contributed by atoms with Crippen LogP contribution in [-0.2, 0) is 73.1 Å². The van der Waals surface area contributed by atoms with Crippen molar-refractivity contribution < 1.29 is 38.2 Å². The number of hydrogen-bond acceptors (Lipinski definition) is 10. The minimum absolute atomic E-state index is 0.0557. The number of nitriles is 2. The highest BCUT2D eigenvalue weighted by Crippen LogP contribution is 2.32. The molecule has 0 radical (unpaired) electrons. The molecule has 0 saturated heterocycles. The van der Waals surface area contributed by atoms with E-state index in [9.17, 15) is 39.3 Å². The van der Waals surface area contributed by atoms with E-state index in [0.29, 0.717) is 0 Å². The fourth-order valence-corrected chi connectivity index (χ4v) is 5.95. The number of benzene rings is 2. The number of ether oxygens (including phenoxy) is 2. The van der Waals surface area contributed by atoms with Crippen molar-refractivity contribution in [3.05, 3.63) is 69.8 Å². The van der Waals surface area contributed by atoms with Gasteiger partial charge in [0.05, 0.1) is 49.9 Å². The summed E-state index contributed by atoms with van der Waals surface area (Å²) in [5, 5.41) is 24.3. The normalized spacial score (nSPS) is 12.9. The number of nitrogens with zero attached hydrogens (tertiary/aromatic N) is 2. The number of amides is 2. The molecule has 0 fully saturated rings. The van der Waals surface area contributed by atoms with Crippen molar-refractivity contribution in [3.63, 3.8) is 0 Å². The molecule has 0 saturated carbocycles. The molecule has 0 unspecified atom stereocenters. The third kappa shape index (κ3) is 17.9. The molecule has 2 atom stereocenters. The molecule has 0 aliphatic heterocycles. The van der Waals surface area contributed by atoms with Crippen LogP contribution in [0.5, 0.6) is 0 Å². The number of Topliss-reactive ketones (excluding diaryl/α,β-unsaturated/α-hetero) is 2. The summed E-state index contributed by atoms with van der Waals surface area (Å²) in [5.41, 5.74) is 5.78. The van der Waals surface area contributed by atoms with Crippen molar-refractivity contribution in [1.29, 1.82) is 10.5 Å². The summed E-state index contributed by atoms with van der Waals surface area (Å²) in [6, 6.07) is 16.2. The van der Waals surface area contributed by atoms with E-state index in [1.807, 2.05) is 36.4 Å². The van der Waals surface area contributed by atoms with Crippen LogP contribution in [-0.4, -0.2) is 48.4 Å². The van der Waals surface area contributed by atoms with Crippen molar-refractivity contribution in [1.82, 2.24) is 10.6 Å². The topological polar surface area (TPSA) is 193 Å². The number of ketones is 2. The summed E-state index contributed by atoms with van der Waals surface area (Å²) in [7, 11) is 0. The van der Waals surface area contributed by atoms with Gasteiger partial charge in [-0.05, 0) is 55.0 Å². The van der Waals surface area contributed by atoms with Gasteiger partial charge in [0.2, 0.25) is 11.8 Å². The van der Waals surface area contributed by atoms with Crippen molar-refractivity contribution in [2.75, 3.05) is 13.1 Å². The standard InChI is InChI=1S/C48H66N4O8/c1-45(2,3)35-17-31(18-36(23-35)46(4,5)6)29-59-43(57)15-13-41(55)51-27-39(53)21-33(25-49)34(26-50)22-40(54)28-52-42(56)14-16-44(58)60-30-32-19-37(47(7,8)9)24-38(20-32)48(10,11)12/h17-20,23-24,33-34H,13-16,21-22,27-30H2,1-12H3,(H,51,55)(H,52,56)/t33-,34-/m0/s1. The molecule has 0 bridgehead atoms. The zero-order chi connectivity index (χ0) is 45.6. The fourth-order valence-electron chi connectivity index (χ4n) is 5.95. The van der Waals surface area contributed by atoms with Crippen molar-refractivity contribution in [2.45, 2.75) is 156 Å². The van der Waals surface area contributed by atoms with Crippen molar-refractivity contribution in [3.8, 4) is 12.1 Å². The summed E-state index contributed by atoms with van der Waals surface area (Å²) >= 11 is 0. The first-order chi connectivity index (χ1) is 27.6. The lowest BCUT2D eigenvalue weighted by Gasteiger charge is -2.26. The largest absolute Gasteiger partial charge is 0.461 e. The predicted octanol–water partition coefficient (Wildman–Crippen LogP) is 7.65. The van der Waals surface area contributed by atoms with Crippen LogP contribution in [0.25, 0.3) is 0 Å². The smallest absolute Gasteiger partial charge is 0.306 e. The summed E-state index contributed by atoms with van der Waals surface area (Å²) in [4.78, 5) is 75.1. The van der Waals surface area contributed by atoms with E-state index in [2.05, 4.69) is 106 Å². The van der Waals surface area contributed by atoms with E-state index >= 15 is 0 Å². The van der Waals surface area contributed by atoms with Crippen LogP contribution in [0, 0.1) is 34.5 Å². The van der Waals surface area contributed by atoms with Gasteiger partial charge in [0.15, 0.2) is 11.6 Å². The summed E-state index contributed by atoms with van der Waals surface area (Å²) in [6.07, 6.45) is -1.60. The summed E-state index contributed by atoms with van der Waals surface area (Å²) in [5.74, 6) is -5.59. The lowest BCUT2D eigenvalue weighted by molar-refractivity contribution is -0.146. The number of hydrogen-bond donors (Lipinski definition) is 2. The van der Waals surface area contributed by atoms with Gasteiger partial charge in [-0.15, -0.1) is 0 Å². The van der Waals surface area contributed by atoms with Crippen LogP contribution in [0.3, 0.4) is 0 Å². The van der Waals surface area contributed by atoms with Crippen LogP contribution in [0.2, 0.25) is 0 Å². The second-order valence-electron chi connectivity index (χ2n) is 19.7. The lowest BCUT2D eigenvalue weighted by atomic mass is 9.79. The van der Waals surface area contributed by atoms with Crippen molar-refractivity contribution in [2.24, 2.45) is 11.8 Å². The molecule has 2 aromatic carbocycles. The quantitative estimate of drug-likeness (QED) is 0.133. The van der Waals surface area contributed by atoms with Gasteiger partial charge in [-0.1, -0.05) is 119 Å². The Kier molecular flexibility index (Phi) is 18.4. The Morgan fingerprint density at radius 2 is 0.783 bits per heavy atom. The van der Waals surface area contributed by atoms with Crippen LogP contribution in [0.4, 0.5) is 0 Å². The van der Waals surface area contributed by atoms with Gasteiger partial charge in [-0.3, -0.25) is 28.8 Å². The molecule has 2 aromatic rings. The van der Waals surface area contributed by atoms with E-state index in [-0.39, 0.29) is 73.4 Å². The molecular weight excluding hydrogens is 761 g/mol. The maximum Gasteiger partial charge on any atom is 0.306 e. The molecule has 12 nitrogen and oxygen atoms in total. The molecule has 326 valence electrons. The highest BCUT2D eigenvalue weighted by atomic mass is 16.5. The first-order valence-corrected chi connectivity index (χ1v) is 20.6. The minimum atomic E-state index is -1.14. The maximum atomic E-state index is 12.6. The summed E-state index contributed by atoms with van der Waals surface area (Å²) < 4.78 is 10.9. The Balaban J connectivity index is 1.77. The zero-order valence-electron chi connectivity index (χ0n) is 37.9. The monoisotopic (exact) mass is 826 g/mol. The molecule has 0 heterocycles. The Morgan fingerprint density at radius 3 is 1.03 bits per heavy atom.